The van der Waals surface area contributed by atoms with Crippen LogP contribution in [-0.4, -0.2) is 42.9 Å². The largest absolute Gasteiger partial charge is 0.393 e. The van der Waals surface area contributed by atoms with Crippen LogP contribution < -0.4 is 5.32 Å². The van der Waals surface area contributed by atoms with E-state index in [2.05, 4.69) is 30.5 Å². The molecular weight excluding hydrogens is 280 g/mol. The van der Waals surface area contributed by atoms with Gasteiger partial charge >= 0.3 is 0 Å². The van der Waals surface area contributed by atoms with Crippen molar-refractivity contribution in [1.82, 2.24) is 25.1 Å². The number of H-pyrrole nitrogens is 1. The molecule has 1 aliphatic rings. The number of anilines is 1. The lowest BCUT2D eigenvalue weighted by molar-refractivity contribution is 0.137. The summed E-state index contributed by atoms with van der Waals surface area (Å²) in [4.78, 5) is 13.0. The summed E-state index contributed by atoms with van der Waals surface area (Å²) in [6, 6.07) is 0. The van der Waals surface area contributed by atoms with Gasteiger partial charge in [-0.15, -0.1) is 0 Å². The summed E-state index contributed by atoms with van der Waals surface area (Å²) < 4.78 is 0. The first-order chi connectivity index (χ1) is 10.7. The standard InChI is InChI=1S/C15H22N6O/c1-3-13-19-15(21-20-13)10-4-11(12(22)5-10)7-17-14-8-16-6-9(2)18-14/h6,8,10-12,22H,3-5,7H2,1-2H3,(H,17,18)(H,19,20,21)/t10-,11+,12+/m0/s1. The van der Waals surface area contributed by atoms with Crippen molar-refractivity contribution in [1.29, 1.82) is 0 Å². The van der Waals surface area contributed by atoms with Gasteiger partial charge < -0.3 is 10.4 Å². The molecule has 0 aliphatic heterocycles. The van der Waals surface area contributed by atoms with Crippen LogP contribution in [0.3, 0.4) is 0 Å². The van der Waals surface area contributed by atoms with E-state index in [4.69, 9.17) is 0 Å². The van der Waals surface area contributed by atoms with Gasteiger partial charge in [-0.2, -0.15) is 5.10 Å². The van der Waals surface area contributed by atoms with Crippen molar-refractivity contribution in [2.24, 2.45) is 5.92 Å². The SMILES string of the molecule is CCc1nc([C@H]2C[C@H](CNc3cncc(C)n3)[C@H](O)C2)n[nH]1. The molecule has 1 fully saturated rings. The first kappa shape index (κ1) is 14.9. The molecule has 3 N–H and O–H groups in total. The highest BCUT2D eigenvalue weighted by Gasteiger charge is 2.35. The molecule has 0 amide bonds. The third-order valence-electron chi connectivity index (χ3n) is 4.21. The second kappa shape index (κ2) is 6.39. The van der Waals surface area contributed by atoms with Crippen LogP contribution in [0, 0.1) is 12.8 Å². The Kier molecular flexibility index (Phi) is 4.33. The molecule has 0 radical (unpaired) electrons. The Morgan fingerprint density at radius 3 is 2.91 bits per heavy atom. The van der Waals surface area contributed by atoms with Crippen molar-refractivity contribution >= 4 is 5.82 Å². The number of nitrogens with zero attached hydrogens (tertiary/aromatic N) is 4. The zero-order valence-electron chi connectivity index (χ0n) is 13.0. The minimum Gasteiger partial charge on any atom is -0.393 e. The first-order valence-corrected chi connectivity index (χ1v) is 7.77. The Morgan fingerprint density at radius 1 is 1.32 bits per heavy atom. The summed E-state index contributed by atoms with van der Waals surface area (Å²) >= 11 is 0. The van der Waals surface area contributed by atoms with Crippen LogP contribution in [0.25, 0.3) is 0 Å². The van der Waals surface area contributed by atoms with Crippen molar-refractivity contribution in [3.63, 3.8) is 0 Å². The lowest BCUT2D eigenvalue weighted by Crippen LogP contribution is -2.22. The lowest BCUT2D eigenvalue weighted by atomic mass is 10.0. The van der Waals surface area contributed by atoms with E-state index in [1.165, 1.54) is 0 Å². The van der Waals surface area contributed by atoms with Gasteiger partial charge in [0.05, 0.1) is 18.0 Å². The molecule has 7 nitrogen and oxygen atoms in total. The summed E-state index contributed by atoms with van der Waals surface area (Å²) in [6.07, 6.45) is 5.54. The highest BCUT2D eigenvalue weighted by atomic mass is 16.3. The fraction of sp³-hybridized carbons (Fsp3) is 0.600. The van der Waals surface area contributed by atoms with Gasteiger partial charge in [0.25, 0.3) is 0 Å². The molecule has 1 aliphatic carbocycles. The Labute approximate surface area is 129 Å². The van der Waals surface area contributed by atoms with Crippen LogP contribution >= 0.6 is 0 Å². The zero-order chi connectivity index (χ0) is 15.5. The molecular formula is C15H22N6O. The van der Waals surface area contributed by atoms with Crippen LogP contribution in [0.15, 0.2) is 12.4 Å². The van der Waals surface area contributed by atoms with E-state index in [9.17, 15) is 5.11 Å². The number of aliphatic hydroxyl groups excluding tert-OH is 1. The maximum atomic E-state index is 10.3. The molecule has 0 spiro atoms. The number of aliphatic hydroxyl groups is 1. The predicted molar refractivity (Wildman–Crippen MR) is 82.5 cm³/mol. The van der Waals surface area contributed by atoms with Crippen molar-refractivity contribution in [2.75, 3.05) is 11.9 Å². The van der Waals surface area contributed by atoms with E-state index >= 15 is 0 Å². The third-order valence-corrected chi connectivity index (χ3v) is 4.21. The molecule has 22 heavy (non-hydrogen) atoms. The van der Waals surface area contributed by atoms with E-state index < -0.39 is 0 Å². The molecule has 0 bridgehead atoms. The summed E-state index contributed by atoms with van der Waals surface area (Å²) in [6.45, 7) is 4.64. The van der Waals surface area contributed by atoms with E-state index in [0.29, 0.717) is 13.0 Å². The maximum Gasteiger partial charge on any atom is 0.153 e. The number of aromatic amines is 1. The second-order valence-corrected chi connectivity index (χ2v) is 5.92. The molecule has 0 aromatic carbocycles. The predicted octanol–water partition coefficient (Wildman–Crippen LogP) is 1.43. The highest BCUT2D eigenvalue weighted by Crippen LogP contribution is 2.37. The van der Waals surface area contributed by atoms with Crippen LogP contribution in [0.4, 0.5) is 5.82 Å². The Hall–Kier alpha value is -2.02. The summed E-state index contributed by atoms with van der Waals surface area (Å²) in [5.41, 5.74) is 0.877. The Morgan fingerprint density at radius 2 is 2.18 bits per heavy atom. The number of hydrogen-bond acceptors (Lipinski definition) is 6. The first-order valence-electron chi connectivity index (χ1n) is 7.77. The van der Waals surface area contributed by atoms with Gasteiger partial charge in [-0.05, 0) is 19.8 Å². The second-order valence-electron chi connectivity index (χ2n) is 5.92. The molecule has 2 aromatic heterocycles. The molecule has 2 aromatic rings. The smallest absolute Gasteiger partial charge is 0.153 e. The summed E-state index contributed by atoms with van der Waals surface area (Å²) in [5, 5.41) is 20.8. The number of nitrogens with one attached hydrogen (secondary N) is 2. The molecule has 118 valence electrons. The number of rotatable bonds is 5. The monoisotopic (exact) mass is 302 g/mol. The summed E-state index contributed by atoms with van der Waals surface area (Å²) in [7, 11) is 0. The van der Waals surface area contributed by atoms with Crippen molar-refractivity contribution < 1.29 is 5.11 Å². The molecule has 3 atom stereocenters. The van der Waals surface area contributed by atoms with Crippen LogP contribution in [0.5, 0.6) is 0 Å². The van der Waals surface area contributed by atoms with Gasteiger partial charge in [0, 0.05) is 31.0 Å². The van der Waals surface area contributed by atoms with Gasteiger partial charge in [0.15, 0.2) is 5.82 Å². The third kappa shape index (κ3) is 3.24. The summed E-state index contributed by atoms with van der Waals surface area (Å²) in [5.74, 6) is 2.88. The fourth-order valence-electron chi connectivity index (χ4n) is 2.97. The normalized spacial score (nSPS) is 24.6. The van der Waals surface area contributed by atoms with Gasteiger partial charge in [-0.1, -0.05) is 6.92 Å². The van der Waals surface area contributed by atoms with Gasteiger partial charge in [0.2, 0.25) is 0 Å². The number of aryl methyl sites for hydroxylation is 2. The Bertz CT molecular complexity index is 628. The quantitative estimate of drug-likeness (QED) is 0.772. The zero-order valence-corrected chi connectivity index (χ0v) is 13.0. The van der Waals surface area contributed by atoms with E-state index in [0.717, 1.165) is 36.0 Å². The lowest BCUT2D eigenvalue weighted by Gasteiger charge is -2.15. The highest BCUT2D eigenvalue weighted by molar-refractivity contribution is 5.31. The van der Waals surface area contributed by atoms with Gasteiger partial charge in [0.1, 0.15) is 11.6 Å². The molecule has 7 heteroatoms. The fourth-order valence-corrected chi connectivity index (χ4v) is 2.97. The minimum absolute atomic E-state index is 0.177. The van der Waals surface area contributed by atoms with Crippen molar-refractivity contribution in [3.05, 3.63) is 29.7 Å². The van der Waals surface area contributed by atoms with Crippen molar-refractivity contribution in [2.45, 2.75) is 45.1 Å². The van der Waals surface area contributed by atoms with Crippen LogP contribution in [0.1, 0.15) is 43.0 Å². The van der Waals surface area contributed by atoms with Gasteiger partial charge in [-0.25, -0.2) is 9.97 Å². The maximum absolute atomic E-state index is 10.3. The molecule has 0 unspecified atom stereocenters. The van der Waals surface area contributed by atoms with Gasteiger partial charge in [-0.3, -0.25) is 10.1 Å². The number of aromatic nitrogens is 5. The number of hydrogen-bond donors (Lipinski definition) is 3. The van der Waals surface area contributed by atoms with Crippen LogP contribution in [-0.2, 0) is 6.42 Å². The van der Waals surface area contributed by atoms with E-state index in [-0.39, 0.29) is 17.9 Å². The molecule has 0 saturated heterocycles. The minimum atomic E-state index is -0.334. The van der Waals surface area contributed by atoms with E-state index in [1.807, 2.05) is 13.8 Å². The van der Waals surface area contributed by atoms with E-state index in [1.54, 1.807) is 12.4 Å². The van der Waals surface area contributed by atoms with Crippen LogP contribution in [0.2, 0.25) is 0 Å². The Balaban J connectivity index is 1.59. The average molecular weight is 302 g/mol. The van der Waals surface area contributed by atoms with Crippen molar-refractivity contribution in [3.8, 4) is 0 Å². The molecule has 3 rings (SSSR count). The topological polar surface area (TPSA) is 99.6 Å². The average Bonchev–Trinajstić information content (AvgIpc) is 3.12. The molecule has 2 heterocycles. The molecule has 1 saturated carbocycles.